The van der Waals surface area contributed by atoms with E-state index in [1.165, 1.54) is 18.2 Å². The minimum atomic E-state index is -0.693. The third-order valence-corrected chi connectivity index (χ3v) is 5.50. The van der Waals surface area contributed by atoms with E-state index in [2.05, 4.69) is 20.5 Å². The minimum Gasteiger partial charge on any atom is -0.326 e. The Labute approximate surface area is 202 Å². The van der Waals surface area contributed by atoms with Crippen LogP contribution < -0.4 is 11.1 Å². The van der Waals surface area contributed by atoms with Crippen molar-refractivity contribution >= 4 is 17.5 Å². The predicted molar refractivity (Wildman–Crippen MR) is 130 cm³/mol. The Morgan fingerprint density at radius 1 is 1.06 bits per heavy atom. The predicted octanol–water partition coefficient (Wildman–Crippen LogP) is 4.20. The molecule has 0 radical (unpaired) electrons. The van der Waals surface area contributed by atoms with Gasteiger partial charge in [-0.2, -0.15) is 0 Å². The highest BCUT2D eigenvalue weighted by molar-refractivity contribution is 6.04. The zero-order valence-electron chi connectivity index (χ0n) is 19.4. The molecule has 2 aromatic carbocycles. The molecule has 0 unspecified atom stereocenters. The van der Waals surface area contributed by atoms with E-state index in [-0.39, 0.29) is 29.6 Å². The molecule has 0 fully saturated rings. The first-order chi connectivity index (χ1) is 16.9. The smallest absolute Gasteiger partial charge is 0.259 e. The molecule has 0 saturated heterocycles. The van der Waals surface area contributed by atoms with Gasteiger partial charge in [-0.1, -0.05) is 36.4 Å². The van der Waals surface area contributed by atoms with Crippen LogP contribution in [0, 0.1) is 5.82 Å². The van der Waals surface area contributed by atoms with Gasteiger partial charge >= 0.3 is 0 Å². The van der Waals surface area contributed by atoms with Crippen LogP contribution in [0.3, 0.4) is 0 Å². The minimum absolute atomic E-state index is 0.0289. The molecule has 178 valence electrons. The number of nitrogens with zero attached hydrogens (tertiary/aromatic N) is 4. The maximum atomic E-state index is 14.5. The Morgan fingerprint density at radius 2 is 1.80 bits per heavy atom. The molecule has 4 aromatic rings. The number of hydrogen-bond donors (Lipinski definition) is 2. The molecule has 2 aromatic heterocycles. The summed E-state index contributed by atoms with van der Waals surface area (Å²) in [5.74, 6) is -0.704. The molecule has 0 spiro atoms. The molecule has 0 aliphatic carbocycles. The van der Waals surface area contributed by atoms with Crippen molar-refractivity contribution in [3.05, 3.63) is 95.1 Å². The number of pyridine rings is 1. The van der Waals surface area contributed by atoms with Gasteiger partial charge in [0.25, 0.3) is 5.91 Å². The number of aromatic nitrogens is 4. The number of nitrogens with one attached hydrogen (secondary N) is 1. The lowest BCUT2D eigenvalue weighted by Crippen LogP contribution is -2.16. The summed E-state index contributed by atoms with van der Waals surface area (Å²) in [5.41, 5.74) is 7.91. The Balaban J connectivity index is 1.51. The SMILES string of the molecule is CC(C)n1cnnc1-c1cccc(NC(=O)c2cc(CC(=O)c3ccc(CN)cc3)ccc2F)n1. The van der Waals surface area contributed by atoms with Crippen molar-refractivity contribution in [1.82, 2.24) is 19.7 Å². The highest BCUT2D eigenvalue weighted by Crippen LogP contribution is 2.21. The summed E-state index contributed by atoms with van der Waals surface area (Å²) in [4.78, 5) is 30.0. The van der Waals surface area contributed by atoms with Gasteiger partial charge in [-0.05, 0) is 49.2 Å². The second-order valence-corrected chi connectivity index (χ2v) is 8.33. The van der Waals surface area contributed by atoms with Gasteiger partial charge in [-0.3, -0.25) is 9.59 Å². The monoisotopic (exact) mass is 472 g/mol. The van der Waals surface area contributed by atoms with E-state index in [0.717, 1.165) is 5.56 Å². The van der Waals surface area contributed by atoms with Crippen LogP contribution in [0.25, 0.3) is 11.5 Å². The third-order valence-electron chi connectivity index (χ3n) is 5.50. The molecule has 9 heteroatoms. The van der Waals surface area contributed by atoms with Crippen LogP contribution in [0.15, 0.2) is 67.0 Å². The fraction of sp³-hybridized carbons (Fsp3) is 0.192. The molecule has 8 nitrogen and oxygen atoms in total. The number of carbonyl (C=O) groups excluding carboxylic acids is 2. The second kappa shape index (κ2) is 10.4. The standard InChI is InChI=1S/C26H25FN6O2/c1-16(2)33-15-29-32-25(33)22-4-3-5-24(30-22)31-26(35)20-12-18(8-11-21(20)27)13-23(34)19-9-6-17(14-28)7-10-19/h3-12,15-16H,13-14,28H2,1-2H3,(H,30,31,35). The van der Waals surface area contributed by atoms with Crippen LogP contribution in [0.5, 0.6) is 0 Å². The molecular weight excluding hydrogens is 447 g/mol. The van der Waals surface area contributed by atoms with Crippen LogP contribution in [0.2, 0.25) is 0 Å². The van der Waals surface area contributed by atoms with Gasteiger partial charge in [0.2, 0.25) is 0 Å². The summed E-state index contributed by atoms with van der Waals surface area (Å²) in [6.07, 6.45) is 1.64. The van der Waals surface area contributed by atoms with E-state index in [1.54, 1.807) is 48.8 Å². The summed E-state index contributed by atoms with van der Waals surface area (Å²) >= 11 is 0. The quantitative estimate of drug-likeness (QED) is 0.372. The Morgan fingerprint density at radius 3 is 2.51 bits per heavy atom. The summed E-state index contributed by atoms with van der Waals surface area (Å²) in [6, 6.07) is 16.3. The van der Waals surface area contributed by atoms with Gasteiger partial charge in [-0.15, -0.1) is 10.2 Å². The van der Waals surface area contributed by atoms with Gasteiger partial charge in [0.1, 0.15) is 23.7 Å². The molecule has 2 heterocycles. The summed E-state index contributed by atoms with van der Waals surface area (Å²) in [5, 5.41) is 10.7. The first-order valence-electron chi connectivity index (χ1n) is 11.1. The molecule has 0 bridgehead atoms. The Hall–Kier alpha value is -4.24. The Bertz CT molecular complexity index is 1360. The van der Waals surface area contributed by atoms with Crippen molar-refractivity contribution in [3.63, 3.8) is 0 Å². The van der Waals surface area contributed by atoms with E-state index >= 15 is 0 Å². The van der Waals surface area contributed by atoms with Crippen LogP contribution in [0.1, 0.15) is 51.7 Å². The Kier molecular flexibility index (Phi) is 7.07. The van der Waals surface area contributed by atoms with Gasteiger partial charge in [0.05, 0.1) is 5.56 Å². The number of Topliss-reactive ketones (excluding diaryl/α,β-unsaturated/α-hetero) is 1. The molecule has 0 aliphatic heterocycles. The molecule has 1 amide bonds. The third kappa shape index (κ3) is 5.47. The number of nitrogens with two attached hydrogens (primary N) is 1. The second-order valence-electron chi connectivity index (χ2n) is 8.33. The van der Waals surface area contributed by atoms with E-state index in [1.807, 2.05) is 18.4 Å². The largest absolute Gasteiger partial charge is 0.326 e. The lowest BCUT2D eigenvalue weighted by molar-refractivity contribution is 0.0988. The molecule has 0 aliphatic rings. The van der Waals surface area contributed by atoms with Crippen molar-refractivity contribution in [2.24, 2.45) is 5.73 Å². The average molecular weight is 473 g/mol. The van der Waals surface area contributed by atoms with E-state index < -0.39 is 11.7 Å². The highest BCUT2D eigenvalue weighted by Gasteiger charge is 2.17. The van der Waals surface area contributed by atoms with E-state index in [0.29, 0.717) is 29.2 Å². The van der Waals surface area contributed by atoms with Crippen molar-refractivity contribution in [1.29, 1.82) is 0 Å². The maximum Gasteiger partial charge on any atom is 0.259 e. The van der Waals surface area contributed by atoms with Crippen molar-refractivity contribution in [2.45, 2.75) is 32.9 Å². The van der Waals surface area contributed by atoms with Crippen molar-refractivity contribution in [3.8, 4) is 11.5 Å². The molecule has 0 saturated carbocycles. The van der Waals surface area contributed by atoms with Crippen molar-refractivity contribution < 1.29 is 14.0 Å². The lowest BCUT2D eigenvalue weighted by Gasteiger charge is -2.11. The van der Waals surface area contributed by atoms with Gasteiger partial charge in [0, 0.05) is 24.6 Å². The normalized spacial score (nSPS) is 11.0. The van der Waals surface area contributed by atoms with E-state index in [4.69, 9.17) is 5.73 Å². The number of ketones is 1. The zero-order chi connectivity index (χ0) is 24.9. The molecule has 4 rings (SSSR count). The highest BCUT2D eigenvalue weighted by atomic mass is 19.1. The maximum absolute atomic E-state index is 14.5. The molecule has 3 N–H and O–H groups in total. The van der Waals surface area contributed by atoms with Crippen molar-refractivity contribution in [2.75, 3.05) is 5.32 Å². The fourth-order valence-corrected chi connectivity index (χ4v) is 3.59. The first kappa shape index (κ1) is 23.9. The van der Waals surface area contributed by atoms with Crippen LogP contribution in [-0.2, 0) is 13.0 Å². The first-order valence-corrected chi connectivity index (χ1v) is 11.1. The van der Waals surface area contributed by atoms with Crippen LogP contribution in [0.4, 0.5) is 10.2 Å². The summed E-state index contributed by atoms with van der Waals surface area (Å²) in [6.45, 7) is 4.38. The molecule has 35 heavy (non-hydrogen) atoms. The van der Waals surface area contributed by atoms with Gasteiger partial charge < -0.3 is 15.6 Å². The topological polar surface area (TPSA) is 116 Å². The number of carbonyl (C=O) groups is 2. The molecular formula is C26H25FN6O2. The van der Waals surface area contributed by atoms with Gasteiger partial charge in [-0.25, -0.2) is 9.37 Å². The number of benzene rings is 2. The zero-order valence-corrected chi connectivity index (χ0v) is 19.4. The number of anilines is 1. The van der Waals surface area contributed by atoms with E-state index in [9.17, 15) is 14.0 Å². The average Bonchev–Trinajstić information content (AvgIpc) is 3.36. The molecule has 0 atom stereocenters. The number of rotatable bonds is 8. The number of amides is 1. The van der Waals surface area contributed by atoms with Crippen LogP contribution in [-0.4, -0.2) is 31.4 Å². The fourth-order valence-electron chi connectivity index (χ4n) is 3.59. The van der Waals surface area contributed by atoms with Gasteiger partial charge in [0.15, 0.2) is 11.6 Å². The lowest BCUT2D eigenvalue weighted by atomic mass is 10.00. The number of halogens is 1. The summed E-state index contributed by atoms with van der Waals surface area (Å²) in [7, 11) is 0. The van der Waals surface area contributed by atoms with Crippen LogP contribution >= 0.6 is 0 Å². The number of hydrogen-bond acceptors (Lipinski definition) is 6. The summed E-state index contributed by atoms with van der Waals surface area (Å²) < 4.78 is 16.4.